The molecule has 1 N–H and O–H groups in total. The quantitative estimate of drug-likeness (QED) is 0.132. The van der Waals surface area contributed by atoms with Gasteiger partial charge in [0.05, 0.1) is 0 Å². The molecule has 1 aliphatic rings. The summed E-state index contributed by atoms with van der Waals surface area (Å²) in [4.78, 5) is 2.46. The number of benzene rings is 6. The normalized spacial score (nSPS) is 15.2. The number of hydrogen-bond acceptors (Lipinski definition) is 2. The molecule has 0 spiro atoms. The maximum atomic E-state index is 6.64. The average Bonchev–Trinajstić information content (AvgIpc) is 3.51. The van der Waals surface area contributed by atoms with E-state index in [1.54, 1.807) is 0 Å². The molecular weight excluding hydrogens is 777 g/mol. The molecule has 50 heavy (non-hydrogen) atoms. The van der Waals surface area contributed by atoms with E-state index in [2.05, 4.69) is 158 Å². The maximum absolute atomic E-state index is 6.64. The zero-order chi connectivity index (χ0) is 34.3. The van der Waals surface area contributed by atoms with Crippen molar-refractivity contribution in [2.75, 3.05) is 11.4 Å². The molecule has 1 aliphatic heterocycles. The van der Waals surface area contributed by atoms with Crippen LogP contribution in [-0.4, -0.2) is 12.5 Å². The Hall–Kier alpha value is -4.74. The van der Waals surface area contributed by atoms with Crippen molar-refractivity contribution in [1.29, 1.82) is 0 Å². The first-order valence-corrected chi connectivity index (χ1v) is 26.8. The monoisotopic (exact) mass is 823 g/mol. The van der Waals surface area contributed by atoms with Gasteiger partial charge >= 0.3 is 304 Å². The number of nitrogens with one attached hydrogen (secondary N) is 1. The van der Waals surface area contributed by atoms with Gasteiger partial charge in [-0.15, -0.1) is 0 Å². The molecule has 1 saturated heterocycles. The molecule has 0 aliphatic carbocycles. The van der Waals surface area contributed by atoms with E-state index >= 15 is 0 Å². The Labute approximate surface area is 302 Å². The van der Waals surface area contributed by atoms with Crippen LogP contribution in [0.25, 0.3) is 0 Å². The van der Waals surface area contributed by atoms with Crippen molar-refractivity contribution in [1.82, 2.24) is 5.32 Å². The third-order valence-corrected chi connectivity index (χ3v) is 23.6. The van der Waals surface area contributed by atoms with E-state index in [4.69, 9.17) is 7.72 Å². The second kappa shape index (κ2) is 15.4. The molecule has 0 radical (unpaired) electrons. The summed E-state index contributed by atoms with van der Waals surface area (Å²) in [5.41, 5.74) is 10.3. The summed E-state index contributed by atoms with van der Waals surface area (Å²) in [7, 11) is 0. The van der Waals surface area contributed by atoms with Gasteiger partial charge in [-0.2, -0.15) is 0 Å². The van der Waals surface area contributed by atoms with Crippen molar-refractivity contribution in [2.45, 2.75) is 39.3 Å². The standard InChI is InChI=1S/C24H24N3O.3C7H7.Hf/c1-16-13-17(2)23(18(3)14-16)21-15-26-24(25)27(21)20-11-7-8-12-22(20)28-19-9-5-4-6-10-19;3*1-7-5-3-2-4-6-7;/h4-14,21H,15H2,1-3H3,(H-,25,26);3*2-6H,1H2;/q-1;;;;+1. The number of guanidine groups is 1. The van der Waals surface area contributed by atoms with E-state index in [1.165, 1.54) is 38.9 Å². The number of rotatable bonds is 11. The molecule has 0 bridgehead atoms. The first-order chi connectivity index (χ1) is 24.5. The van der Waals surface area contributed by atoms with Gasteiger partial charge in [-0.25, -0.2) is 0 Å². The van der Waals surface area contributed by atoms with E-state index < -0.39 is 20.3 Å². The molecule has 0 saturated carbocycles. The fraction of sp³-hybridized carbons (Fsp3) is 0.178. The van der Waals surface area contributed by atoms with E-state index in [0.717, 1.165) is 42.2 Å². The van der Waals surface area contributed by atoms with Crippen LogP contribution >= 0.6 is 0 Å². The van der Waals surface area contributed by atoms with Crippen molar-refractivity contribution in [2.24, 2.45) is 2.98 Å². The Bertz CT molecular complexity index is 1920. The first kappa shape index (κ1) is 33.7. The van der Waals surface area contributed by atoms with Crippen LogP contribution in [0.1, 0.15) is 45.0 Å². The van der Waals surface area contributed by atoms with E-state index in [1.807, 2.05) is 30.3 Å². The SMILES string of the molecule is Cc1cc(C)c(C2CNC(=[N][Hf]([CH2]c3ccccc3)([CH2]c3ccccc3)[CH2]c3ccccc3)N2c2ccccc2Oc2ccccc2)c(C)c1. The van der Waals surface area contributed by atoms with Gasteiger partial charge in [-0.3, -0.25) is 0 Å². The zero-order valence-electron chi connectivity index (χ0n) is 29.2. The van der Waals surface area contributed by atoms with E-state index in [-0.39, 0.29) is 6.04 Å². The van der Waals surface area contributed by atoms with Crippen LogP contribution in [0.2, 0.25) is 0 Å². The third-order valence-electron chi connectivity index (χ3n) is 9.63. The number of ether oxygens (including phenoxy) is 1. The molecule has 0 aromatic heterocycles. The molecular formula is C45H45HfN3O. The minimum absolute atomic E-state index is 0.0474. The van der Waals surface area contributed by atoms with Gasteiger partial charge in [-0.05, 0) is 0 Å². The van der Waals surface area contributed by atoms with Crippen molar-refractivity contribution in [3.63, 3.8) is 0 Å². The molecule has 6 aromatic carbocycles. The Kier molecular flexibility index (Phi) is 10.4. The van der Waals surface area contributed by atoms with Gasteiger partial charge in [0.1, 0.15) is 0 Å². The fourth-order valence-corrected chi connectivity index (χ4v) is 22.9. The van der Waals surface area contributed by atoms with E-state index in [9.17, 15) is 0 Å². The predicted octanol–water partition coefficient (Wildman–Crippen LogP) is 10.6. The van der Waals surface area contributed by atoms with E-state index in [0.29, 0.717) is 0 Å². The van der Waals surface area contributed by atoms with Crippen molar-refractivity contribution in [3.8, 4) is 11.5 Å². The number of para-hydroxylation sites is 3. The number of anilines is 1. The molecule has 1 heterocycles. The second-order valence-corrected chi connectivity index (χ2v) is 27.0. The topological polar surface area (TPSA) is 36.9 Å². The molecule has 0 amide bonds. The Morgan fingerprint density at radius 2 is 1.08 bits per heavy atom. The van der Waals surface area contributed by atoms with Crippen LogP contribution in [0.3, 0.4) is 0 Å². The molecule has 5 heteroatoms. The zero-order valence-corrected chi connectivity index (χ0v) is 32.8. The van der Waals surface area contributed by atoms with Crippen LogP contribution in [-0.2, 0) is 32.8 Å². The average molecular weight is 822 g/mol. The minimum atomic E-state index is -3.82. The Morgan fingerprint density at radius 1 is 0.620 bits per heavy atom. The molecule has 4 nitrogen and oxygen atoms in total. The van der Waals surface area contributed by atoms with Gasteiger partial charge in [0.25, 0.3) is 0 Å². The summed E-state index contributed by atoms with van der Waals surface area (Å²) >= 11 is -3.82. The molecule has 6 aromatic rings. The number of nitrogens with zero attached hydrogens (tertiary/aromatic N) is 2. The van der Waals surface area contributed by atoms with Crippen LogP contribution in [0.15, 0.2) is 161 Å². The van der Waals surface area contributed by atoms with Crippen molar-refractivity contribution >= 4 is 11.6 Å². The van der Waals surface area contributed by atoms with Gasteiger partial charge < -0.3 is 0 Å². The van der Waals surface area contributed by atoms with Gasteiger partial charge in [0.2, 0.25) is 0 Å². The van der Waals surface area contributed by atoms with Crippen LogP contribution in [0.4, 0.5) is 5.69 Å². The summed E-state index contributed by atoms with van der Waals surface area (Å²) in [5, 5.41) is 3.90. The van der Waals surface area contributed by atoms with Gasteiger partial charge in [0.15, 0.2) is 0 Å². The number of aryl methyl sites for hydroxylation is 3. The van der Waals surface area contributed by atoms with Gasteiger partial charge in [0, 0.05) is 0 Å². The summed E-state index contributed by atoms with van der Waals surface area (Å²) in [6, 6.07) is 56.3. The molecule has 1 atom stereocenters. The fourth-order valence-electron chi connectivity index (χ4n) is 7.65. The molecule has 1 fully saturated rings. The summed E-state index contributed by atoms with van der Waals surface area (Å²) < 4.78 is 15.8. The first-order valence-electron chi connectivity index (χ1n) is 17.6. The second-order valence-electron chi connectivity index (χ2n) is 13.6. The van der Waals surface area contributed by atoms with Crippen LogP contribution in [0, 0.1) is 20.8 Å². The molecule has 7 rings (SSSR count). The van der Waals surface area contributed by atoms with Crippen molar-refractivity contribution < 1.29 is 25.0 Å². The summed E-state index contributed by atoms with van der Waals surface area (Å²) in [6.45, 7) is 7.44. The van der Waals surface area contributed by atoms with Crippen LogP contribution in [0.5, 0.6) is 11.5 Å². The molecule has 1 unspecified atom stereocenters. The number of hydrogen-bond donors (Lipinski definition) is 1. The Morgan fingerprint density at radius 3 is 1.60 bits per heavy atom. The molecule has 250 valence electrons. The summed E-state index contributed by atoms with van der Waals surface area (Å²) in [6.07, 6.45) is 0. The van der Waals surface area contributed by atoms with Crippen molar-refractivity contribution in [3.05, 3.63) is 197 Å². The summed E-state index contributed by atoms with van der Waals surface area (Å²) in [5.74, 6) is 2.60. The Balaban J connectivity index is 1.43. The van der Waals surface area contributed by atoms with Gasteiger partial charge in [-0.1, -0.05) is 0 Å². The predicted molar refractivity (Wildman–Crippen MR) is 205 cm³/mol. The van der Waals surface area contributed by atoms with Crippen LogP contribution < -0.4 is 15.0 Å². The third kappa shape index (κ3) is 7.84.